The zero-order chi connectivity index (χ0) is 36.8. The Labute approximate surface area is 327 Å². The summed E-state index contributed by atoms with van der Waals surface area (Å²) in [5.74, 6) is 0.979. The van der Waals surface area contributed by atoms with Crippen LogP contribution in [0.25, 0.3) is 61.7 Å². The molecule has 0 saturated heterocycles. The Bertz CT molecular complexity index is 2910. The Morgan fingerprint density at radius 1 is 0.464 bits per heavy atom. The highest BCUT2D eigenvalue weighted by Crippen LogP contribution is 2.65. The van der Waals surface area contributed by atoms with E-state index in [4.69, 9.17) is 9.97 Å². The summed E-state index contributed by atoms with van der Waals surface area (Å²) in [6.07, 6.45) is 6.71. The molecule has 262 valence electrons. The van der Waals surface area contributed by atoms with Gasteiger partial charge in [0.25, 0.3) is 0 Å². The standard InChI is InChI=1S/C54H36N2/c1-3-15-36(16-4-1)51-50-52(56-53(55-51)37-17-5-2-6-18-37)45-32-31-38(33-48(45)54(50)46-25-13-11-21-41(46)42-22-12-14-26-47(42)54)34-27-29-35(30-28-34)49-43-23-9-7-19-39(43)40-20-8-10-24-44(40)49/h1-13,15-25,27-33,49H,14,26H2. The van der Waals surface area contributed by atoms with Crippen molar-refractivity contribution in [3.8, 4) is 56.2 Å². The Hall–Kier alpha value is -6.90. The molecule has 1 unspecified atom stereocenters. The highest BCUT2D eigenvalue weighted by Gasteiger charge is 2.55. The lowest BCUT2D eigenvalue weighted by Crippen LogP contribution is -2.29. The van der Waals surface area contributed by atoms with E-state index in [0.717, 1.165) is 41.2 Å². The predicted octanol–water partition coefficient (Wildman–Crippen LogP) is 13.1. The molecule has 1 heterocycles. The zero-order valence-electron chi connectivity index (χ0n) is 30.8. The molecule has 1 atom stereocenters. The third-order valence-electron chi connectivity index (χ3n) is 12.7. The van der Waals surface area contributed by atoms with Crippen molar-refractivity contribution >= 4 is 5.57 Å². The predicted molar refractivity (Wildman–Crippen MR) is 228 cm³/mol. The lowest BCUT2D eigenvalue weighted by atomic mass is 9.67. The molecule has 0 fully saturated rings. The Balaban J connectivity index is 1.09. The molecule has 0 N–H and O–H groups in total. The van der Waals surface area contributed by atoms with Gasteiger partial charge < -0.3 is 0 Å². The van der Waals surface area contributed by atoms with Gasteiger partial charge in [-0.15, -0.1) is 0 Å². The van der Waals surface area contributed by atoms with E-state index in [2.05, 4.69) is 188 Å². The number of allylic oxidation sites excluding steroid dienone is 4. The smallest absolute Gasteiger partial charge is 0.160 e. The van der Waals surface area contributed by atoms with Crippen LogP contribution in [0, 0.1) is 0 Å². The molecular weight excluding hydrogens is 677 g/mol. The third-order valence-corrected chi connectivity index (χ3v) is 12.7. The number of aromatic nitrogens is 2. The molecule has 4 aliphatic rings. The van der Waals surface area contributed by atoms with Crippen LogP contribution < -0.4 is 0 Å². The number of hydrogen-bond acceptors (Lipinski definition) is 2. The summed E-state index contributed by atoms with van der Waals surface area (Å²) in [6, 6.07) is 64.5. The van der Waals surface area contributed by atoms with E-state index in [-0.39, 0.29) is 5.92 Å². The summed E-state index contributed by atoms with van der Waals surface area (Å²) < 4.78 is 0. The van der Waals surface area contributed by atoms with Crippen LogP contribution in [0.2, 0.25) is 0 Å². The van der Waals surface area contributed by atoms with E-state index in [1.54, 1.807) is 0 Å². The first-order valence-corrected chi connectivity index (χ1v) is 19.8. The molecule has 0 amide bonds. The maximum absolute atomic E-state index is 5.52. The molecule has 1 aromatic heterocycles. The van der Waals surface area contributed by atoms with Gasteiger partial charge in [0.1, 0.15) is 0 Å². The maximum atomic E-state index is 5.52. The van der Waals surface area contributed by atoms with E-state index in [0.29, 0.717) is 0 Å². The number of hydrogen-bond donors (Lipinski definition) is 0. The van der Waals surface area contributed by atoms with Crippen molar-refractivity contribution in [1.82, 2.24) is 9.97 Å². The Morgan fingerprint density at radius 3 is 1.80 bits per heavy atom. The van der Waals surface area contributed by atoms with Crippen molar-refractivity contribution in [2.45, 2.75) is 24.2 Å². The van der Waals surface area contributed by atoms with Crippen LogP contribution in [0.4, 0.5) is 0 Å². The van der Waals surface area contributed by atoms with Crippen molar-refractivity contribution < 1.29 is 0 Å². The van der Waals surface area contributed by atoms with Gasteiger partial charge in [0.2, 0.25) is 0 Å². The largest absolute Gasteiger partial charge is 0.228 e. The second-order valence-electron chi connectivity index (χ2n) is 15.5. The van der Waals surface area contributed by atoms with Crippen LogP contribution in [-0.2, 0) is 5.41 Å². The van der Waals surface area contributed by atoms with Gasteiger partial charge in [-0.2, -0.15) is 0 Å². The average Bonchev–Trinajstić information content (AvgIpc) is 3.88. The Morgan fingerprint density at radius 2 is 1.07 bits per heavy atom. The number of fused-ring (bicyclic) bond motifs is 12. The minimum absolute atomic E-state index is 0.225. The topological polar surface area (TPSA) is 25.8 Å². The molecule has 2 heteroatoms. The van der Waals surface area contributed by atoms with Crippen molar-refractivity contribution in [2.75, 3.05) is 0 Å². The van der Waals surface area contributed by atoms with Crippen LogP contribution in [0.5, 0.6) is 0 Å². The average molecular weight is 713 g/mol. The van der Waals surface area contributed by atoms with Crippen molar-refractivity contribution in [1.29, 1.82) is 0 Å². The highest BCUT2D eigenvalue weighted by molar-refractivity contribution is 5.99. The fourth-order valence-electron chi connectivity index (χ4n) is 10.4. The molecule has 0 saturated carbocycles. The molecule has 4 aliphatic carbocycles. The van der Waals surface area contributed by atoms with E-state index in [9.17, 15) is 0 Å². The SMILES string of the molecule is C1=CC2=C(CC1)C1(c3ccccc32)c2cc(-c3ccc(C4c5ccccc5-c5ccccc54)cc3)ccc2-c2nc(-c3ccccc3)nc(-c3ccccc3)c21. The minimum Gasteiger partial charge on any atom is -0.228 e. The fourth-order valence-corrected chi connectivity index (χ4v) is 10.4. The van der Waals surface area contributed by atoms with Crippen molar-refractivity contribution in [3.63, 3.8) is 0 Å². The van der Waals surface area contributed by atoms with E-state index >= 15 is 0 Å². The Kier molecular flexibility index (Phi) is 6.77. The molecule has 0 aliphatic heterocycles. The summed E-state index contributed by atoms with van der Waals surface area (Å²) in [7, 11) is 0. The van der Waals surface area contributed by atoms with E-state index in [1.165, 1.54) is 77.9 Å². The first-order valence-electron chi connectivity index (χ1n) is 19.8. The van der Waals surface area contributed by atoms with Gasteiger partial charge >= 0.3 is 0 Å². The minimum atomic E-state index is -0.519. The van der Waals surface area contributed by atoms with Crippen LogP contribution in [0.15, 0.2) is 194 Å². The van der Waals surface area contributed by atoms with Gasteiger partial charge in [-0.05, 0) is 85.7 Å². The first kappa shape index (κ1) is 31.5. The molecule has 0 bridgehead atoms. The molecule has 12 rings (SSSR count). The summed E-state index contributed by atoms with van der Waals surface area (Å²) in [4.78, 5) is 11.0. The summed E-state index contributed by atoms with van der Waals surface area (Å²) in [5.41, 5.74) is 22.0. The quantitative estimate of drug-likeness (QED) is 0.182. The lowest BCUT2D eigenvalue weighted by molar-refractivity contribution is 0.711. The van der Waals surface area contributed by atoms with Gasteiger partial charge in [0, 0.05) is 28.2 Å². The van der Waals surface area contributed by atoms with E-state index in [1.807, 2.05) is 0 Å². The van der Waals surface area contributed by atoms with Crippen LogP contribution in [-0.4, -0.2) is 9.97 Å². The first-order chi connectivity index (χ1) is 27.8. The molecule has 7 aromatic carbocycles. The second-order valence-corrected chi connectivity index (χ2v) is 15.5. The molecule has 8 aromatic rings. The van der Waals surface area contributed by atoms with Gasteiger partial charge in [-0.1, -0.05) is 182 Å². The molecule has 56 heavy (non-hydrogen) atoms. The van der Waals surface area contributed by atoms with Crippen LogP contribution in [0.3, 0.4) is 0 Å². The van der Waals surface area contributed by atoms with Gasteiger partial charge in [-0.3, -0.25) is 0 Å². The van der Waals surface area contributed by atoms with Crippen LogP contribution >= 0.6 is 0 Å². The molecule has 0 radical (unpaired) electrons. The number of benzene rings is 7. The van der Waals surface area contributed by atoms with Crippen molar-refractivity contribution in [3.05, 3.63) is 233 Å². The second kappa shape index (κ2) is 12.1. The van der Waals surface area contributed by atoms with E-state index < -0.39 is 5.41 Å². The monoisotopic (exact) mass is 712 g/mol. The summed E-state index contributed by atoms with van der Waals surface area (Å²) in [5, 5.41) is 0. The number of nitrogens with zero attached hydrogens (tertiary/aromatic N) is 2. The number of rotatable bonds is 4. The molecule has 1 spiro atoms. The van der Waals surface area contributed by atoms with Crippen LogP contribution in [0.1, 0.15) is 57.7 Å². The summed E-state index contributed by atoms with van der Waals surface area (Å²) in [6.45, 7) is 0. The highest BCUT2D eigenvalue weighted by atomic mass is 14.9. The van der Waals surface area contributed by atoms with Crippen molar-refractivity contribution in [2.24, 2.45) is 0 Å². The normalized spacial score (nSPS) is 17.0. The van der Waals surface area contributed by atoms with Gasteiger partial charge in [0.15, 0.2) is 5.82 Å². The fraction of sp³-hybridized carbons (Fsp3) is 0.0741. The maximum Gasteiger partial charge on any atom is 0.160 e. The molecule has 2 nitrogen and oxygen atoms in total. The zero-order valence-corrected chi connectivity index (χ0v) is 30.8. The van der Waals surface area contributed by atoms with Gasteiger partial charge in [0.05, 0.1) is 16.8 Å². The van der Waals surface area contributed by atoms with Gasteiger partial charge in [-0.25, -0.2) is 9.97 Å². The third kappa shape index (κ3) is 4.33. The molecular formula is C54H36N2. The summed E-state index contributed by atoms with van der Waals surface area (Å²) >= 11 is 0. The lowest BCUT2D eigenvalue weighted by Gasteiger charge is -2.34.